The van der Waals surface area contributed by atoms with Crippen molar-refractivity contribution < 1.29 is 9.90 Å². The number of anilines is 1. The van der Waals surface area contributed by atoms with Crippen LogP contribution in [0, 0.1) is 0 Å². The van der Waals surface area contributed by atoms with E-state index in [0.717, 1.165) is 9.47 Å². The first-order chi connectivity index (χ1) is 5.72. The van der Waals surface area contributed by atoms with Crippen LogP contribution in [0.4, 0.5) is 5.00 Å². The summed E-state index contributed by atoms with van der Waals surface area (Å²) < 4.78 is 0.951. The second-order valence-electron chi connectivity index (χ2n) is 2.15. The first-order valence-electron chi connectivity index (χ1n) is 3.37. The summed E-state index contributed by atoms with van der Waals surface area (Å²) in [4.78, 5) is 10.9. The van der Waals surface area contributed by atoms with Crippen LogP contribution in [0.15, 0.2) is 15.9 Å². The fraction of sp³-hybridized carbons (Fsp3) is 0.286. The number of thiophene rings is 1. The zero-order valence-electron chi connectivity index (χ0n) is 6.21. The molecule has 0 aliphatic carbocycles. The van der Waals surface area contributed by atoms with Gasteiger partial charge in [-0.25, -0.2) is 0 Å². The Bertz CT molecular complexity index is 274. The molecule has 0 atom stereocenters. The van der Waals surface area contributed by atoms with Gasteiger partial charge in [-0.2, -0.15) is 0 Å². The van der Waals surface area contributed by atoms with Crippen LogP contribution in [0.2, 0.25) is 0 Å². The van der Waals surface area contributed by atoms with Crippen LogP contribution < -0.4 is 5.32 Å². The van der Waals surface area contributed by atoms with Crippen molar-refractivity contribution in [2.75, 3.05) is 11.9 Å². The summed E-state index contributed by atoms with van der Waals surface area (Å²) in [5.41, 5.74) is 0. The Kier molecular flexibility index (Phi) is 3.71. The Hall–Kier alpha value is -0.390. The van der Waals surface area contributed by atoms with E-state index < -0.39 is 0 Å². The topological polar surface area (TPSA) is 49.3 Å². The summed E-state index contributed by atoms with van der Waals surface area (Å²) in [5, 5.41) is 13.8. The average molecular weight is 250 g/mol. The third-order valence-electron chi connectivity index (χ3n) is 1.17. The first-order valence-corrected chi connectivity index (χ1v) is 5.04. The average Bonchev–Trinajstić information content (AvgIpc) is 2.36. The lowest BCUT2D eigenvalue weighted by Crippen LogP contribution is -2.11. The summed E-state index contributed by atoms with van der Waals surface area (Å²) in [5.74, 6) is -0.160. The second kappa shape index (κ2) is 4.59. The Morgan fingerprint density at radius 2 is 2.50 bits per heavy atom. The molecule has 66 valence electrons. The Morgan fingerprint density at radius 3 is 3.00 bits per heavy atom. The molecule has 3 nitrogen and oxygen atoms in total. The number of carbonyl (C=O) groups excluding carboxylic acids is 1. The number of rotatable bonds is 3. The monoisotopic (exact) mass is 249 g/mol. The highest BCUT2D eigenvalue weighted by Crippen LogP contribution is 2.24. The highest BCUT2D eigenvalue weighted by Gasteiger charge is 2.02. The van der Waals surface area contributed by atoms with Crippen LogP contribution >= 0.6 is 27.3 Å². The van der Waals surface area contributed by atoms with E-state index in [4.69, 9.17) is 5.11 Å². The van der Waals surface area contributed by atoms with Gasteiger partial charge in [-0.1, -0.05) is 0 Å². The molecule has 12 heavy (non-hydrogen) atoms. The molecule has 1 rings (SSSR count). The maximum absolute atomic E-state index is 10.9. The second-order valence-corrected chi connectivity index (χ2v) is 3.98. The normalized spacial score (nSPS) is 9.83. The smallest absolute Gasteiger partial charge is 0.227 e. The predicted octanol–water partition coefficient (Wildman–Crippen LogP) is 1.83. The van der Waals surface area contributed by atoms with E-state index in [0.29, 0.717) is 0 Å². The highest BCUT2D eigenvalue weighted by atomic mass is 79.9. The number of amides is 1. The van der Waals surface area contributed by atoms with Gasteiger partial charge in [0, 0.05) is 9.85 Å². The molecule has 0 saturated carbocycles. The van der Waals surface area contributed by atoms with Crippen molar-refractivity contribution >= 4 is 38.2 Å². The Balaban J connectivity index is 2.46. The van der Waals surface area contributed by atoms with Crippen LogP contribution in [-0.2, 0) is 4.79 Å². The molecule has 0 spiro atoms. The third kappa shape index (κ3) is 2.92. The van der Waals surface area contributed by atoms with Crippen LogP contribution in [0.1, 0.15) is 6.42 Å². The number of aliphatic hydroxyl groups excluding tert-OH is 1. The SMILES string of the molecule is O=C(CCO)Nc1cc(Br)cs1. The van der Waals surface area contributed by atoms with Crippen molar-refractivity contribution in [3.8, 4) is 0 Å². The number of aliphatic hydroxyl groups is 1. The Morgan fingerprint density at radius 1 is 1.75 bits per heavy atom. The molecule has 1 heterocycles. The van der Waals surface area contributed by atoms with Gasteiger partial charge in [0.1, 0.15) is 0 Å². The largest absolute Gasteiger partial charge is 0.396 e. The van der Waals surface area contributed by atoms with Gasteiger partial charge >= 0.3 is 0 Å². The van der Waals surface area contributed by atoms with E-state index in [2.05, 4.69) is 21.2 Å². The molecule has 2 N–H and O–H groups in total. The van der Waals surface area contributed by atoms with Crippen LogP contribution in [-0.4, -0.2) is 17.6 Å². The van der Waals surface area contributed by atoms with Gasteiger partial charge in [0.2, 0.25) is 5.91 Å². The fourth-order valence-corrected chi connectivity index (χ4v) is 2.02. The lowest BCUT2D eigenvalue weighted by Gasteiger charge is -1.98. The van der Waals surface area contributed by atoms with E-state index in [9.17, 15) is 4.79 Å². The van der Waals surface area contributed by atoms with Gasteiger partial charge in [0.15, 0.2) is 0 Å². The molecule has 0 aliphatic heterocycles. The number of carbonyl (C=O) groups is 1. The minimum atomic E-state index is -0.160. The predicted molar refractivity (Wildman–Crippen MR) is 52.4 cm³/mol. The van der Waals surface area contributed by atoms with Gasteiger partial charge in [0.25, 0.3) is 0 Å². The zero-order chi connectivity index (χ0) is 8.97. The van der Waals surface area contributed by atoms with Gasteiger partial charge < -0.3 is 10.4 Å². The molecule has 1 amide bonds. The molecule has 0 aliphatic rings. The summed E-state index contributed by atoms with van der Waals surface area (Å²) >= 11 is 4.71. The molecular formula is C7H8BrNO2S. The minimum absolute atomic E-state index is 0.113. The summed E-state index contributed by atoms with van der Waals surface area (Å²) in [6.07, 6.45) is 0.148. The van der Waals surface area contributed by atoms with E-state index in [1.165, 1.54) is 11.3 Å². The van der Waals surface area contributed by atoms with Crippen molar-refractivity contribution in [1.82, 2.24) is 0 Å². The molecule has 0 unspecified atom stereocenters. The quantitative estimate of drug-likeness (QED) is 0.859. The molecule has 0 radical (unpaired) electrons. The Labute approximate surface area is 82.5 Å². The number of nitrogens with one attached hydrogen (secondary N) is 1. The van der Waals surface area contributed by atoms with E-state index in [-0.39, 0.29) is 18.9 Å². The number of hydrogen-bond acceptors (Lipinski definition) is 3. The van der Waals surface area contributed by atoms with Crippen molar-refractivity contribution in [3.05, 3.63) is 15.9 Å². The van der Waals surface area contributed by atoms with Gasteiger partial charge in [-0.3, -0.25) is 4.79 Å². The van der Waals surface area contributed by atoms with Gasteiger partial charge in [0.05, 0.1) is 18.0 Å². The molecule has 0 saturated heterocycles. The summed E-state index contributed by atoms with van der Waals surface area (Å²) in [7, 11) is 0. The minimum Gasteiger partial charge on any atom is -0.396 e. The van der Waals surface area contributed by atoms with E-state index in [1.54, 1.807) is 0 Å². The standard InChI is InChI=1S/C7H8BrNO2S/c8-5-3-7(12-4-5)9-6(11)1-2-10/h3-4,10H,1-2H2,(H,9,11). The molecule has 5 heteroatoms. The van der Waals surface area contributed by atoms with Crippen LogP contribution in [0.3, 0.4) is 0 Å². The molecular weight excluding hydrogens is 242 g/mol. The van der Waals surface area contributed by atoms with Crippen molar-refractivity contribution in [3.63, 3.8) is 0 Å². The van der Waals surface area contributed by atoms with Gasteiger partial charge in [-0.15, -0.1) is 11.3 Å². The van der Waals surface area contributed by atoms with E-state index in [1.807, 2.05) is 11.4 Å². The van der Waals surface area contributed by atoms with Crippen LogP contribution in [0.5, 0.6) is 0 Å². The summed E-state index contributed by atoms with van der Waals surface area (Å²) in [6, 6.07) is 1.82. The third-order valence-corrected chi connectivity index (χ3v) is 2.78. The molecule has 1 aromatic rings. The molecule has 0 bridgehead atoms. The zero-order valence-corrected chi connectivity index (χ0v) is 8.61. The maximum atomic E-state index is 10.9. The first kappa shape index (κ1) is 9.70. The van der Waals surface area contributed by atoms with Crippen molar-refractivity contribution in [2.24, 2.45) is 0 Å². The van der Waals surface area contributed by atoms with Crippen molar-refractivity contribution in [2.45, 2.75) is 6.42 Å². The fourth-order valence-electron chi connectivity index (χ4n) is 0.680. The molecule has 0 aromatic carbocycles. The maximum Gasteiger partial charge on any atom is 0.227 e. The van der Waals surface area contributed by atoms with Gasteiger partial charge in [-0.05, 0) is 22.0 Å². The highest BCUT2D eigenvalue weighted by molar-refractivity contribution is 9.10. The van der Waals surface area contributed by atoms with Crippen LogP contribution in [0.25, 0.3) is 0 Å². The molecule has 0 fully saturated rings. The lowest BCUT2D eigenvalue weighted by molar-refractivity contribution is -0.116. The number of hydrogen-bond donors (Lipinski definition) is 2. The molecule has 1 aromatic heterocycles. The van der Waals surface area contributed by atoms with Crippen molar-refractivity contribution in [1.29, 1.82) is 0 Å². The van der Waals surface area contributed by atoms with E-state index >= 15 is 0 Å². The summed E-state index contributed by atoms with van der Waals surface area (Å²) in [6.45, 7) is -0.113. The number of halogens is 1. The lowest BCUT2D eigenvalue weighted by atomic mass is 10.4.